The summed E-state index contributed by atoms with van der Waals surface area (Å²) in [6, 6.07) is 12.5. The molecule has 3 heterocycles. The lowest BCUT2D eigenvalue weighted by atomic mass is 10.0. The molecule has 4 rings (SSSR count). The largest absolute Gasteiger partial charge is 0.481 e. The second kappa shape index (κ2) is 16.7. The van der Waals surface area contributed by atoms with Crippen LogP contribution in [0.3, 0.4) is 0 Å². The van der Waals surface area contributed by atoms with Crippen molar-refractivity contribution in [3.8, 4) is 6.07 Å². The van der Waals surface area contributed by atoms with E-state index in [2.05, 4.69) is 28.0 Å². The highest BCUT2D eigenvalue weighted by molar-refractivity contribution is 8.26. The highest BCUT2D eigenvalue weighted by Crippen LogP contribution is 2.36. The van der Waals surface area contributed by atoms with Crippen molar-refractivity contribution in [2.45, 2.75) is 71.3 Å². The van der Waals surface area contributed by atoms with Gasteiger partial charge in [0.1, 0.15) is 21.8 Å². The van der Waals surface area contributed by atoms with Gasteiger partial charge in [-0.15, -0.1) is 0 Å². The third kappa shape index (κ3) is 9.06. The highest BCUT2D eigenvalue weighted by Gasteiger charge is 2.33. The van der Waals surface area contributed by atoms with Crippen molar-refractivity contribution in [2.24, 2.45) is 7.05 Å². The molecule has 2 aromatic rings. The standard InChI is InChI=1S/C34H43N5O4S2/c1-25-27(22-29-33(43)39(34(44)45-29)17-13-8-6-4-3-5-7-12-16-30(40)41)31(36(2)32(42)28(25)23-35)38-20-18-37(19-21-38)24-26-14-10-9-11-15-26/h9-11,14-15,22H,3-8,12-13,16-21,24H2,1-2H3,(H,40,41). The summed E-state index contributed by atoms with van der Waals surface area (Å²) >= 11 is 6.88. The first-order valence-electron chi connectivity index (χ1n) is 15.8. The third-order valence-electron chi connectivity index (χ3n) is 8.56. The molecule has 1 aromatic carbocycles. The number of carbonyl (C=O) groups is 2. The Kier molecular flexibility index (Phi) is 12.8. The monoisotopic (exact) mass is 649 g/mol. The number of aliphatic carboxylic acids is 1. The summed E-state index contributed by atoms with van der Waals surface area (Å²) in [5.41, 5.74) is 2.32. The third-order valence-corrected chi connectivity index (χ3v) is 9.94. The summed E-state index contributed by atoms with van der Waals surface area (Å²) in [7, 11) is 1.70. The number of benzene rings is 1. The predicted octanol–water partition coefficient (Wildman–Crippen LogP) is 5.68. The topological polar surface area (TPSA) is 110 Å². The molecule has 2 fully saturated rings. The van der Waals surface area contributed by atoms with Gasteiger partial charge in [0.05, 0.1) is 4.91 Å². The Morgan fingerprint density at radius 3 is 2.24 bits per heavy atom. The fraction of sp³-hybridized carbons (Fsp3) is 0.500. The number of piperazine rings is 1. The fourth-order valence-electron chi connectivity index (χ4n) is 5.98. The molecule has 1 aromatic heterocycles. The van der Waals surface area contributed by atoms with E-state index in [0.717, 1.165) is 89.9 Å². The molecule has 0 saturated carbocycles. The van der Waals surface area contributed by atoms with E-state index in [4.69, 9.17) is 17.3 Å². The van der Waals surface area contributed by atoms with Crippen molar-refractivity contribution in [1.29, 1.82) is 5.26 Å². The number of nitrogens with zero attached hydrogens (tertiary/aromatic N) is 5. The first-order chi connectivity index (χ1) is 21.7. The van der Waals surface area contributed by atoms with Crippen molar-refractivity contribution in [3.05, 3.63) is 67.8 Å². The molecule has 240 valence electrons. The van der Waals surface area contributed by atoms with Crippen LogP contribution in [-0.2, 0) is 23.2 Å². The van der Waals surface area contributed by atoms with Gasteiger partial charge in [-0.05, 0) is 37.0 Å². The van der Waals surface area contributed by atoms with E-state index in [9.17, 15) is 19.6 Å². The summed E-state index contributed by atoms with van der Waals surface area (Å²) in [4.78, 5) is 44.1. The van der Waals surface area contributed by atoms with Crippen LogP contribution in [0, 0.1) is 18.3 Å². The smallest absolute Gasteiger partial charge is 0.303 e. The van der Waals surface area contributed by atoms with Gasteiger partial charge < -0.3 is 10.0 Å². The number of thiocarbonyl (C=S) groups is 1. The molecule has 0 aliphatic carbocycles. The highest BCUT2D eigenvalue weighted by atomic mass is 32.2. The lowest BCUT2D eigenvalue weighted by Gasteiger charge is -2.37. The van der Waals surface area contributed by atoms with Crippen LogP contribution in [0.1, 0.15) is 80.0 Å². The van der Waals surface area contributed by atoms with Gasteiger partial charge in [-0.1, -0.05) is 92.8 Å². The molecule has 9 nitrogen and oxygen atoms in total. The quantitative estimate of drug-likeness (QED) is 0.148. The lowest BCUT2D eigenvalue weighted by Crippen LogP contribution is -2.48. The van der Waals surface area contributed by atoms with Crippen molar-refractivity contribution in [2.75, 3.05) is 37.6 Å². The SMILES string of the molecule is Cc1c(C=C2SC(=S)N(CCCCCCCCCCC(=O)O)C2=O)c(N2CCN(Cc3ccccc3)CC2)n(C)c(=O)c1C#N. The number of aromatic nitrogens is 1. The fourth-order valence-corrected chi connectivity index (χ4v) is 7.27. The molecular weight excluding hydrogens is 607 g/mol. The average Bonchev–Trinajstić information content (AvgIpc) is 3.29. The van der Waals surface area contributed by atoms with Crippen molar-refractivity contribution in [3.63, 3.8) is 0 Å². The molecule has 2 saturated heterocycles. The maximum absolute atomic E-state index is 13.5. The zero-order valence-corrected chi connectivity index (χ0v) is 27.9. The van der Waals surface area contributed by atoms with Crippen LogP contribution < -0.4 is 10.5 Å². The predicted molar refractivity (Wildman–Crippen MR) is 184 cm³/mol. The van der Waals surface area contributed by atoms with E-state index in [1.165, 1.54) is 17.3 Å². The molecule has 2 aliphatic rings. The summed E-state index contributed by atoms with van der Waals surface area (Å²) < 4.78 is 2.08. The number of amides is 1. The van der Waals surface area contributed by atoms with Gasteiger partial charge in [0, 0.05) is 58.3 Å². The molecule has 2 aliphatic heterocycles. The van der Waals surface area contributed by atoms with Crippen LogP contribution in [0.4, 0.5) is 5.82 Å². The Hall–Kier alpha value is -3.46. The number of carboxylic acids is 1. The van der Waals surface area contributed by atoms with Gasteiger partial charge in [-0.2, -0.15) is 5.26 Å². The number of carbonyl (C=O) groups excluding carboxylic acids is 1. The number of anilines is 1. The van der Waals surface area contributed by atoms with Gasteiger partial charge in [0.25, 0.3) is 11.5 Å². The number of carboxylic acid groups (broad SMARTS) is 1. The van der Waals surface area contributed by atoms with E-state index in [1.54, 1.807) is 23.4 Å². The molecule has 0 bridgehead atoms. The maximum Gasteiger partial charge on any atom is 0.303 e. The van der Waals surface area contributed by atoms with Crippen molar-refractivity contribution in [1.82, 2.24) is 14.4 Å². The second-order valence-electron chi connectivity index (χ2n) is 11.8. The number of thioether (sulfide) groups is 1. The van der Waals surface area contributed by atoms with Crippen LogP contribution in [0.5, 0.6) is 0 Å². The minimum atomic E-state index is -0.731. The van der Waals surface area contributed by atoms with Crippen molar-refractivity contribution < 1.29 is 14.7 Å². The van der Waals surface area contributed by atoms with E-state index >= 15 is 0 Å². The molecule has 45 heavy (non-hydrogen) atoms. The number of pyridine rings is 1. The number of rotatable bonds is 15. The zero-order chi connectivity index (χ0) is 32.3. The number of unbranched alkanes of at least 4 members (excludes halogenated alkanes) is 7. The molecule has 1 N–H and O–H groups in total. The van der Waals surface area contributed by atoms with Gasteiger partial charge in [0.2, 0.25) is 0 Å². The van der Waals surface area contributed by atoms with Gasteiger partial charge in [-0.3, -0.25) is 28.8 Å². The number of hydrogen-bond donors (Lipinski definition) is 1. The van der Waals surface area contributed by atoms with Crippen LogP contribution in [-0.4, -0.2) is 68.4 Å². The lowest BCUT2D eigenvalue weighted by molar-refractivity contribution is -0.137. The Bertz CT molecular complexity index is 1510. The second-order valence-corrected chi connectivity index (χ2v) is 13.4. The molecule has 0 spiro atoms. The van der Waals surface area contributed by atoms with E-state index in [-0.39, 0.29) is 23.5 Å². The summed E-state index contributed by atoms with van der Waals surface area (Å²) in [6.07, 6.45) is 9.92. The van der Waals surface area contributed by atoms with Gasteiger partial charge in [0.15, 0.2) is 0 Å². The molecule has 0 unspecified atom stereocenters. The van der Waals surface area contributed by atoms with Crippen LogP contribution >= 0.6 is 24.0 Å². The Balaban J connectivity index is 1.40. The maximum atomic E-state index is 13.5. The first-order valence-corrected chi connectivity index (χ1v) is 17.1. The van der Waals surface area contributed by atoms with E-state index in [1.807, 2.05) is 24.3 Å². The molecule has 0 atom stereocenters. The number of hydrogen-bond acceptors (Lipinski definition) is 8. The molecule has 1 amide bonds. The molecule has 0 radical (unpaired) electrons. The van der Waals surface area contributed by atoms with E-state index in [0.29, 0.717) is 26.9 Å². The first kappa shape index (κ1) is 34.4. The zero-order valence-electron chi connectivity index (χ0n) is 26.3. The molecule has 11 heteroatoms. The van der Waals surface area contributed by atoms with Crippen LogP contribution in [0.15, 0.2) is 40.0 Å². The Morgan fingerprint density at radius 1 is 1.00 bits per heavy atom. The average molecular weight is 650 g/mol. The van der Waals surface area contributed by atoms with Gasteiger partial charge >= 0.3 is 5.97 Å². The normalized spacial score (nSPS) is 16.5. The summed E-state index contributed by atoms with van der Waals surface area (Å²) in [5.74, 6) is -0.136. The minimum Gasteiger partial charge on any atom is -0.481 e. The Morgan fingerprint density at radius 2 is 1.62 bits per heavy atom. The summed E-state index contributed by atoms with van der Waals surface area (Å²) in [6.45, 7) is 6.30. The van der Waals surface area contributed by atoms with Gasteiger partial charge in [-0.25, -0.2) is 0 Å². The van der Waals surface area contributed by atoms with Crippen LogP contribution in [0.25, 0.3) is 6.08 Å². The minimum absolute atomic E-state index is 0.0903. The van der Waals surface area contributed by atoms with Crippen LogP contribution in [0.2, 0.25) is 0 Å². The van der Waals surface area contributed by atoms with E-state index < -0.39 is 5.97 Å². The Labute approximate surface area is 275 Å². The molecular formula is C34H43N5O4S2. The van der Waals surface area contributed by atoms with Crippen molar-refractivity contribution >= 4 is 52.1 Å². The number of nitriles is 1. The summed E-state index contributed by atoms with van der Waals surface area (Å²) in [5, 5.41) is 18.6.